The maximum absolute atomic E-state index is 11.5. The topological polar surface area (TPSA) is 52.9 Å². The number of fused-ring (bicyclic) bond motifs is 1. The zero-order chi connectivity index (χ0) is 22.6. The summed E-state index contributed by atoms with van der Waals surface area (Å²) in [6, 6.07) is 13.5. The molecule has 0 spiro atoms. The average Bonchev–Trinajstić information content (AvgIpc) is 3.24. The minimum Gasteiger partial charge on any atom is -0.508 e. The molecule has 5 heteroatoms. The number of phenols is 1. The van der Waals surface area contributed by atoms with Gasteiger partial charge in [-0.05, 0) is 86.0 Å². The molecule has 176 valence electrons. The van der Waals surface area contributed by atoms with Crippen molar-refractivity contribution in [2.75, 3.05) is 26.2 Å². The number of nitrogens with zero attached hydrogens (tertiary/aromatic N) is 1. The highest BCUT2D eigenvalue weighted by molar-refractivity contribution is 7.19. The fourth-order valence-electron chi connectivity index (χ4n) is 5.46. The lowest BCUT2D eigenvalue weighted by atomic mass is 9.84. The molecule has 33 heavy (non-hydrogen) atoms. The van der Waals surface area contributed by atoms with Gasteiger partial charge in [-0.15, -0.1) is 11.3 Å². The van der Waals surface area contributed by atoms with Gasteiger partial charge in [-0.25, -0.2) is 0 Å². The van der Waals surface area contributed by atoms with Gasteiger partial charge in [0.2, 0.25) is 0 Å². The summed E-state index contributed by atoms with van der Waals surface area (Å²) in [5.41, 5.74) is 1.92. The molecule has 1 unspecified atom stereocenters. The molecule has 1 aliphatic heterocycles. The van der Waals surface area contributed by atoms with E-state index in [4.69, 9.17) is 4.74 Å². The number of ether oxygens (including phenoxy) is 1. The van der Waals surface area contributed by atoms with Crippen molar-refractivity contribution in [1.29, 1.82) is 0 Å². The number of benzene rings is 2. The fourth-order valence-corrected chi connectivity index (χ4v) is 6.90. The van der Waals surface area contributed by atoms with Crippen LogP contribution in [0.3, 0.4) is 0 Å². The Morgan fingerprint density at radius 1 is 0.939 bits per heavy atom. The van der Waals surface area contributed by atoms with Gasteiger partial charge < -0.3 is 14.9 Å². The van der Waals surface area contributed by atoms with Crippen molar-refractivity contribution in [3.05, 3.63) is 58.5 Å². The highest BCUT2D eigenvalue weighted by Gasteiger charge is 2.27. The molecule has 1 aromatic heterocycles. The normalized spacial score (nSPS) is 19.1. The summed E-state index contributed by atoms with van der Waals surface area (Å²) < 4.78 is 7.05. The molecule has 1 aliphatic carbocycles. The van der Waals surface area contributed by atoms with Crippen LogP contribution in [0.5, 0.6) is 11.5 Å². The monoisotopic (exact) mass is 465 g/mol. The molecule has 0 radical (unpaired) electrons. The Balaban J connectivity index is 1.33. The second-order valence-corrected chi connectivity index (χ2v) is 10.7. The molecular formula is C28H35NO3S. The minimum atomic E-state index is -0.678. The lowest BCUT2D eigenvalue weighted by Crippen LogP contribution is -2.33. The van der Waals surface area contributed by atoms with Crippen LogP contribution in [0.15, 0.2) is 42.5 Å². The number of thiophene rings is 1. The molecule has 2 heterocycles. The second-order valence-electron chi connectivity index (χ2n) is 9.62. The summed E-state index contributed by atoms with van der Waals surface area (Å²) in [5, 5.41) is 22.6. The number of hydrogen-bond acceptors (Lipinski definition) is 5. The highest BCUT2D eigenvalue weighted by Crippen LogP contribution is 2.46. The van der Waals surface area contributed by atoms with Crippen molar-refractivity contribution in [2.24, 2.45) is 0 Å². The molecule has 2 N–H and O–H groups in total. The summed E-state index contributed by atoms with van der Waals surface area (Å²) >= 11 is 1.75. The van der Waals surface area contributed by atoms with Crippen molar-refractivity contribution < 1.29 is 14.9 Å². The zero-order valence-corrected chi connectivity index (χ0v) is 20.2. The molecular weight excluding hydrogens is 430 g/mol. The van der Waals surface area contributed by atoms with Crippen LogP contribution in [-0.4, -0.2) is 41.4 Å². The van der Waals surface area contributed by atoms with E-state index < -0.39 is 6.10 Å². The quantitative estimate of drug-likeness (QED) is 0.413. The molecule has 1 atom stereocenters. The molecule has 3 aromatic rings. The van der Waals surface area contributed by atoms with Gasteiger partial charge in [-0.3, -0.25) is 4.90 Å². The van der Waals surface area contributed by atoms with Gasteiger partial charge in [0.1, 0.15) is 24.2 Å². The summed E-state index contributed by atoms with van der Waals surface area (Å²) in [6.07, 6.45) is 9.45. The maximum atomic E-state index is 11.5. The van der Waals surface area contributed by atoms with Crippen molar-refractivity contribution in [3.63, 3.8) is 0 Å². The molecule has 2 aliphatic rings. The number of hydrogen-bond donors (Lipinski definition) is 2. The Bertz CT molecular complexity index is 1050. The van der Waals surface area contributed by atoms with Crippen molar-refractivity contribution in [1.82, 2.24) is 4.90 Å². The number of aliphatic hydroxyl groups excluding tert-OH is 1. The first-order valence-electron chi connectivity index (χ1n) is 12.6. The van der Waals surface area contributed by atoms with Crippen LogP contribution in [0.2, 0.25) is 0 Å². The minimum absolute atomic E-state index is 0.283. The second kappa shape index (κ2) is 10.5. The van der Waals surface area contributed by atoms with E-state index in [0.29, 0.717) is 12.5 Å². The number of aromatic hydroxyl groups is 1. The van der Waals surface area contributed by atoms with Gasteiger partial charge in [0.15, 0.2) is 0 Å². The smallest absolute Gasteiger partial charge is 0.119 e. The summed E-state index contributed by atoms with van der Waals surface area (Å²) in [5.74, 6) is 1.64. The van der Waals surface area contributed by atoms with Crippen LogP contribution in [-0.2, 0) is 0 Å². The third-order valence-corrected chi connectivity index (χ3v) is 8.64. The van der Waals surface area contributed by atoms with E-state index in [2.05, 4.69) is 4.90 Å². The Hall–Kier alpha value is -2.08. The number of aliphatic hydroxyl groups is 1. The fraction of sp³-hybridized carbons (Fsp3) is 0.500. The summed E-state index contributed by atoms with van der Waals surface area (Å²) in [4.78, 5) is 3.78. The average molecular weight is 466 g/mol. The first-order chi connectivity index (χ1) is 16.2. The molecule has 0 amide bonds. The zero-order valence-electron chi connectivity index (χ0n) is 19.3. The predicted octanol–water partition coefficient (Wildman–Crippen LogP) is 6.60. The lowest BCUT2D eigenvalue weighted by Gasteiger charge is -2.26. The highest BCUT2D eigenvalue weighted by atomic mass is 32.1. The third-order valence-electron chi connectivity index (χ3n) is 7.31. The Morgan fingerprint density at radius 2 is 1.67 bits per heavy atom. The van der Waals surface area contributed by atoms with Gasteiger partial charge in [-0.2, -0.15) is 0 Å². The van der Waals surface area contributed by atoms with Crippen molar-refractivity contribution >= 4 is 21.4 Å². The third kappa shape index (κ3) is 5.21. The molecule has 4 nitrogen and oxygen atoms in total. The van der Waals surface area contributed by atoms with Crippen LogP contribution >= 0.6 is 11.3 Å². The van der Waals surface area contributed by atoms with E-state index in [9.17, 15) is 10.2 Å². The van der Waals surface area contributed by atoms with E-state index in [0.717, 1.165) is 33.5 Å². The summed E-state index contributed by atoms with van der Waals surface area (Å²) in [6.45, 7) is 4.05. The molecule has 1 saturated carbocycles. The van der Waals surface area contributed by atoms with Gasteiger partial charge in [0, 0.05) is 21.7 Å². The lowest BCUT2D eigenvalue weighted by molar-refractivity contribution is 0.183. The van der Waals surface area contributed by atoms with Gasteiger partial charge in [0.25, 0.3) is 0 Å². The number of piperidine rings is 1. The van der Waals surface area contributed by atoms with E-state index in [1.165, 1.54) is 69.3 Å². The van der Waals surface area contributed by atoms with Crippen molar-refractivity contribution in [3.8, 4) is 11.5 Å². The van der Waals surface area contributed by atoms with E-state index in [1.54, 1.807) is 17.4 Å². The summed E-state index contributed by atoms with van der Waals surface area (Å²) in [7, 11) is 0. The Morgan fingerprint density at radius 3 is 2.42 bits per heavy atom. The SMILES string of the molecule is Oc1ccc2c(C(O)c3ccc(OCCN4CCCCC4)cc3)c(C3CCCCC3)sc2c1. The standard InChI is InChI=1S/C28H35NO3S/c30-22-11-14-24-25(19-22)33-28(21-7-3-1-4-8-21)26(24)27(31)20-9-12-23(13-10-20)32-18-17-29-15-5-2-6-16-29/h9-14,19,21,27,30-31H,1-8,15-18H2. The van der Waals surface area contributed by atoms with Crippen LogP contribution in [0.4, 0.5) is 0 Å². The van der Waals surface area contributed by atoms with E-state index in [-0.39, 0.29) is 5.75 Å². The van der Waals surface area contributed by atoms with Crippen LogP contribution in [0, 0.1) is 0 Å². The largest absolute Gasteiger partial charge is 0.508 e. The molecule has 0 bridgehead atoms. The first kappa shape index (κ1) is 22.7. The van der Waals surface area contributed by atoms with E-state index >= 15 is 0 Å². The number of phenolic OH excluding ortho intramolecular Hbond substituents is 1. The molecule has 5 rings (SSSR count). The molecule has 1 saturated heterocycles. The predicted molar refractivity (Wildman–Crippen MR) is 136 cm³/mol. The van der Waals surface area contributed by atoms with Crippen LogP contribution < -0.4 is 4.74 Å². The number of likely N-dealkylation sites (tertiary alicyclic amines) is 1. The van der Waals surface area contributed by atoms with E-state index in [1.807, 2.05) is 36.4 Å². The maximum Gasteiger partial charge on any atom is 0.119 e. The van der Waals surface area contributed by atoms with Crippen LogP contribution in [0.25, 0.3) is 10.1 Å². The first-order valence-corrected chi connectivity index (χ1v) is 13.4. The van der Waals surface area contributed by atoms with Crippen LogP contribution in [0.1, 0.15) is 79.4 Å². The Labute approximate surface area is 200 Å². The van der Waals surface area contributed by atoms with Gasteiger partial charge in [0.05, 0.1) is 0 Å². The Kier molecular flexibility index (Phi) is 7.19. The van der Waals surface area contributed by atoms with Gasteiger partial charge in [-0.1, -0.05) is 37.8 Å². The van der Waals surface area contributed by atoms with Gasteiger partial charge >= 0.3 is 0 Å². The molecule has 2 fully saturated rings. The number of rotatable bonds is 7. The molecule has 2 aromatic carbocycles. The van der Waals surface area contributed by atoms with Crippen molar-refractivity contribution in [2.45, 2.75) is 63.4 Å².